The van der Waals surface area contributed by atoms with Crippen LogP contribution >= 0.6 is 0 Å². The van der Waals surface area contributed by atoms with Crippen LogP contribution in [0.25, 0.3) is 0 Å². The van der Waals surface area contributed by atoms with Crippen molar-refractivity contribution in [1.29, 1.82) is 0 Å². The van der Waals surface area contributed by atoms with Crippen molar-refractivity contribution in [1.82, 2.24) is 0 Å². The van der Waals surface area contributed by atoms with Gasteiger partial charge >= 0.3 is 0 Å². The van der Waals surface area contributed by atoms with Gasteiger partial charge in [-0.25, -0.2) is 6.05 Å². The zero-order valence-corrected chi connectivity index (χ0v) is 13.2. The summed E-state index contributed by atoms with van der Waals surface area (Å²) < 4.78 is 8.09. The van der Waals surface area contributed by atoms with Crippen LogP contribution in [0.4, 0.5) is 0 Å². The summed E-state index contributed by atoms with van der Waals surface area (Å²) >= 11 is 0. The molecule has 84 valence electrons. The second kappa shape index (κ2) is 4.37. The van der Waals surface area contributed by atoms with E-state index in [4.69, 9.17) is 1.37 Å². The Hall–Kier alpha value is -0.162. The van der Waals surface area contributed by atoms with Crippen molar-refractivity contribution in [2.24, 2.45) is 10.8 Å². The summed E-state index contributed by atoms with van der Waals surface area (Å²) in [6, 6.07) is 0.408. The van der Waals surface area contributed by atoms with E-state index in [-0.39, 0.29) is 31.9 Å². The number of hydrogen-bond donors (Lipinski definition) is 0. The molecular weight excluding hydrogens is 356 g/mol. The molecule has 0 saturated carbocycles. The molecule has 1 aliphatic rings. The Morgan fingerprint density at radius 3 is 2.07 bits per heavy atom. The van der Waals surface area contributed by atoms with Gasteiger partial charge in [-0.2, -0.15) is 5.57 Å². The van der Waals surface area contributed by atoms with Crippen molar-refractivity contribution in [3.8, 4) is 0 Å². The summed E-state index contributed by atoms with van der Waals surface area (Å²) in [5.74, 6) is 0. The van der Waals surface area contributed by atoms with Gasteiger partial charge in [0.2, 0.25) is 0 Å². The number of hydrogen-bond acceptors (Lipinski definition) is 1. The van der Waals surface area contributed by atoms with Crippen LogP contribution in [-0.4, -0.2) is 6.29 Å². The first-order chi connectivity index (χ1) is 6.67. The molecule has 0 heterocycles. The molecule has 1 aliphatic carbocycles. The Kier molecular flexibility index (Phi) is 3.76. The summed E-state index contributed by atoms with van der Waals surface area (Å²) in [6.45, 7) is 12.0. The van der Waals surface area contributed by atoms with Gasteiger partial charge in [0.1, 0.15) is 0 Å². The van der Waals surface area contributed by atoms with Crippen LogP contribution in [0.15, 0.2) is 22.8 Å². The van der Waals surface area contributed by atoms with Crippen LogP contribution in [-0.2, 0) is 25.9 Å². The van der Waals surface area contributed by atoms with Crippen LogP contribution in [0.3, 0.4) is 0 Å². The molecule has 0 aliphatic heterocycles. The standard InChI is InChI=1S/C13H19O.W/c1-9-10(2)13(5,6)11(8-14)7-12(9,3)4;/h7H,1-6H3;/q-1;/i7T;. The summed E-state index contributed by atoms with van der Waals surface area (Å²) in [4.78, 5) is 11.0. The van der Waals surface area contributed by atoms with Gasteiger partial charge in [0.25, 0.3) is 0 Å². The average molecular weight is 377 g/mol. The molecule has 0 saturated heterocycles. The molecule has 0 fully saturated rings. The summed E-state index contributed by atoms with van der Waals surface area (Å²) in [6.07, 6.45) is 1.96. The zero-order valence-electron chi connectivity index (χ0n) is 11.3. The van der Waals surface area contributed by atoms with E-state index in [0.29, 0.717) is 11.6 Å². The van der Waals surface area contributed by atoms with E-state index in [0.717, 1.165) is 0 Å². The Morgan fingerprint density at radius 2 is 1.67 bits per heavy atom. The van der Waals surface area contributed by atoms with Crippen LogP contribution in [0, 0.1) is 10.8 Å². The van der Waals surface area contributed by atoms with E-state index in [1.54, 1.807) is 0 Å². The van der Waals surface area contributed by atoms with Crippen LogP contribution in [0.1, 0.15) is 42.9 Å². The first-order valence-corrected chi connectivity index (χ1v) is 4.95. The molecule has 0 spiro atoms. The molecule has 0 aromatic heterocycles. The van der Waals surface area contributed by atoms with Gasteiger partial charge < -0.3 is 4.79 Å². The molecule has 0 amide bonds. The molecule has 0 unspecified atom stereocenters. The first-order valence-electron chi connectivity index (χ1n) is 5.45. The fourth-order valence-corrected chi connectivity index (χ4v) is 1.84. The van der Waals surface area contributed by atoms with E-state index in [1.165, 1.54) is 11.1 Å². The number of rotatable bonds is 1. The minimum Gasteiger partial charge on any atom is -0.419 e. The molecule has 0 aromatic carbocycles. The summed E-state index contributed by atoms with van der Waals surface area (Å²) in [5.41, 5.74) is 2.18. The zero-order chi connectivity index (χ0) is 12.0. The molecule has 0 atom stereocenters. The maximum Gasteiger partial charge on any atom is 0 e. The normalized spacial score (nSPS) is 24.5. The molecule has 0 radical (unpaired) electrons. The van der Waals surface area contributed by atoms with E-state index < -0.39 is 0 Å². The molecule has 0 bridgehead atoms. The topological polar surface area (TPSA) is 17.1 Å². The predicted molar refractivity (Wildman–Crippen MR) is 59.7 cm³/mol. The molecule has 1 nitrogen and oxygen atoms in total. The largest absolute Gasteiger partial charge is 0.419 e. The molecule has 0 N–H and O–H groups in total. The second-order valence-corrected chi connectivity index (χ2v) is 5.10. The SMILES string of the molecule is [3H]C1=C([C-]=O)C(C)(C)C(C)=C(C)C1(C)C.[W]. The van der Waals surface area contributed by atoms with Gasteiger partial charge in [-0.05, 0) is 25.5 Å². The van der Waals surface area contributed by atoms with Crippen molar-refractivity contribution in [2.45, 2.75) is 41.5 Å². The minimum atomic E-state index is -0.349. The van der Waals surface area contributed by atoms with Gasteiger partial charge in [-0.3, -0.25) is 0 Å². The van der Waals surface area contributed by atoms with Crippen LogP contribution in [0.5, 0.6) is 0 Å². The smallest absolute Gasteiger partial charge is 0 e. The monoisotopic (exact) mass is 377 g/mol. The minimum absolute atomic E-state index is 0. The quantitative estimate of drug-likeness (QED) is 0.506. The van der Waals surface area contributed by atoms with Gasteiger partial charge in [0.05, 0.1) is 0 Å². The Morgan fingerprint density at radius 1 is 1.20 bits per heavy atom. The summed E-state index contributed by atoms with van der Waals surface area (Å²) in [7, 11) is 0. The van der Waals surface area contributed by atoms with Crippen molar-refractivity contribution in [3.63, 3.8) is 0 Å². The maximum absolute atomic E-state index is 11.0. The van der Waals surface area contributed by atoms with E-state index >= 15 is 0 Å². The van der Waals surface area contributed by atoms with E-state index in [9.17, 15) is 4.79 Å². The van der Waals surface area contributed by atoms with Gasteiger partial charge in [-0.15, -0.1) is 0 Å². The van der Waals surface area contributed by atoms with Crippen molar-refractivity contribution in [2.75, 3.05) is 0 Å². The van der Waals surface area contributed by atoms with Crippen molar-refractivity contribution < 1.29 is 27.2 Å². The Balaban J connectivity index is 0.00000225. The fraction of sp³-hybridized carbons (Fsp3) is 0.615. The number of allylic oxidation sites excluding steroid dienone is 4. The molecule has 0 aromatic rings. The predicted octanol–water partition coefficient (Wildman–Crippen LogP) is 3.42. The van der Waals surface area contributed by atoms with Crippen molar-refractivity contribution in [3.05, 3.63) is 22.8 Å². The third kappa shape index (κ3) is 2.33. The first kappa shape index (κ1) is 12.9. The Bertz CT molecular complexity index is 375. The van der Waals surface area contributed by atoms with Crippen LogP contribution < -0.4 is 0 Å². The van der Waals surface area contributed by atoms with Crippen LogP contribution in [0.2, 0.25) is 0 Å². The van der Waals surface area contributed by atoms with Gasteiger partial charge in [0.15, 0.2) is 0 Å². The average Bonchev–Trinajstić information content (AvgIpc) is 2.14. The molecule has 1 rings (SSSR count). The second-order valence-electron chi connectivity index (χ2n) is 5.10. The van der Waals surface area contributed by atoms with E-state index in [2.05, 4.69) is 0 Å². The Labute approximate surface area is 109 Å². The van der Waals surface area contributed by atoms with Gasteiger partial charge in [0, 0.05) is 21.1 Å². The van der Waals surface area contributed by atoms with Crippen molar-refractivity contribution >= 4 is 6.29 Å². The third-order valence-corrected chi connectivity index (χ3v) is 3.60. The third-order valence-electron chi connectivity index (χ3n) is 3.60. The molecule has 2 heteroatoms. The molecule has 15 heavy (non-hydrogen) atoms. The number of carbonyl (C=O) groups excluding carboxylic acids is 1. The molecular formula is C13H19OW-. The van der Waals surface area contributed by atoms with Gasteiger partial charge in [-0.1, -0.05) is 45.6 Å². The summed E-state index contributed by atoms with van der Waals surface area (Å²) in [5, 5.41) is 0. The fourth-order valence-electron chi connectivity index (χ4n) is 1.84. The maximum atomic E-state index is 11.0. The van der Waals surface area contributed by atoms with E-state index in [1.807, 2.05) is 47.8 Å².